The van der Waals surface area contributed by atoms with E-state index in [4.69, 9.17) is 15.6 Å². The van der Waals surface area contributed by atoms with Crippen molar-refractivity contribution in [1.82, 2.24) is 9.78 Å². The number of carbonyl (C=O) groups is 1. The number of nitrogens with zero attached hydrogens (tertiary/aromatic N) is 2. The van der Waals surface area contributed by atoms with Crippen LogP contribution in [-0.4, -0.2) is 34.9 Å². The summed E-state index contributed by atoms with van der Waals surface area (Å²) in [6, 6.07) is 3.24. The highest BCUT2D eigenvalue weighted by atomic mass is 19.1. The molecule has 1 saturated carbocycles. The van der Waals surface area contributed by atoms with Crippen molar-refractivity contribution < 1.29 is 13.9 Å². The van der Waals surface area contributed by atoms with Crippen molar-refractivity contribution >= 4 is 11.6 Å². The summed E-state index contributed by atoms with van der Waals surface area (Å²) in [6.45, 7) is 5.73. The Morgan fingerprint density at radius 1 is 1.35 bits per heavy atom. The van der Waals surface area contributed by atoms with E-state index in [1.165, 1.54) is 30.2 Å². The molecule has 1 saturated heterocycles. The number of nitrogens with two attached hydrogens (primary N) is 1. The molecular formula is C24H31FN4O2. The van der Waals surface area contributed by atoms with E-state index in [2.05, 4.69) is 19.2 Å². The first-order valence-corrected chi connectivity index (χ1v) is 11.4. The number of amides is 1. The predicted molar refractivity (Wildman–Crippen MR) is 117 cm³/mol. The predicted octanol–water partition coefficient (Wildman–Crippen LogP) is 3.78. The van der Waals surface area contributed by atoms with E-state index in [-0.39, 0.29) is 17.0 Å². The number of ether oxygens (including phenoxy) is 1. The van der Waals surface area contributed by atoms with E-state index in [0.717, 1.165) is 43.7 Å². The van der Waals surface area contributed by atoms with Crippen molar-refractivity contribution in [2.75, 3.05) is 18.5 Å². The van der Waals surface area contributed by atoms with Crippen molar-refractivity contribution in [3.05, 3.63) is 40.5 Å². The minimum atomic E-state index is -0.775. The van der Waals surface area contributed by atoms with Gasteiger partial charge in [-0.25, -0.2) is 9.07 Å². The van der Waals surface area contributed by atoms with Gasteiger partial charge in [0.15, 0.2) is 0 Å². The molecule has 0 bridgehead atoms. The average molecular weight is 427 g/mol. The van der Waals surface area contributed by atoms with Crippen LogP contribution in [-0.2, 0) is 24.0 Å². The van der Waals surface area contributed by atoms with Crippen molar-refractivity contribution in [2.24, 2.45) is 17.1 Å². The molecule has 2 aromatic rings. The maximum atomic E-state index is 15.1. The Balaban J connectivity index is 1.59. The Labute approximate surface area is 182 Å². The van der Waals surface area contributed by atoms with Gasteiger partial charge in [-0.1, -0.05) is 13.8 Å². The highest BCUT2D eigenvalue weighted by molar-refractivity contribution is 5.99. The number of nitrogens with one attached hydrogen (secondary N) is 1. The number of hydrogen-bond donors (Lipinski definition) is 2. The van der Waals surface area contributed by atoms with Crippen LogP contribution in [0.25, 0.3) is 5.69 Å². The van der Waals surface area contributed by atoms with Crippen LogP contribution < -0.4 is 11.1 Å². The first-order chi connectivity index (χ1) is 14.8. The molecule has 1 atom stereocenters. The van der Waals surface area contributed by atoms with Crippen LogP contribution >= 0.6 is 0 Å². The fourth-order valence-corrected chi connectivity index (χ4v) is 4.93. The third-order valence-electron chi connectivity index (χ3n) is 6.91. The van der Waals surface area contributed by atoms with Gasteiger partial charge in [-0.15, -0.1) is 0 Å². The van der Waals surface area contributed by atoms with E-state index in [9.17, 15) is 4.79 Å². The van der Waals surface area contributed by atoms with Crippen LogP contribution in [0.15, 0.2) is 12.1 Å². The van der Waals surface area contributed by atoms with Gasteiger partial charge in [0.2, 0.25) is 0 Å². The number of rotatable bonds is 6. The van der Waals surface area contributed by atoms with Crippen LogP contribution in [0.1, 0.15) is 66.8 Å². The third kappa shape index (κ3) is 4.07. The zero-order valence-electron chi connectivity index (χ0n) is 18.3. The van der Waals surface area contributed by atoms with E-state index in [1.807, 2.05) is 10.7 Å². The molecule has 1 aromatic heterocycles. The van der Waals surface area contributed by atoms with Gasteiger partial charge in [-0.2, -0.15) is 5.10 Å². The summed E-state index contributed by atoms with van der Waals surface area (Å²) in [7, 11) is 0. The maximum absolute atomic E-state index is 15.1. The molecule has 5 rings (SSSR count). The number of hydrogen-bond acceptors (Lipinski definition) is 4. The standard InChI is InChI=1S/C24H31FN4O2/c1-24(2)7-5-17-19(9-14-3-4-14)28-29(21(17)12-24)16-10-18(25)22(23(26)30)20(11-16)27-15-6-8-31-13-15/h10-11,14-15,27H,3-9,12-13H2,1-2H3,(H2,26,30)/t15-/m1/s1. The lowest BCUT2D eigenvalue weighted by molar-refractivity contribution is 0.0997. The molecule has 0 unspecified atom stereocenters. The second kappa shape index (κ2) is 7.62. The number of anilines is 1. The van der Waals surface area contributed by atoms with E-state index < -0.39 is 11.7 Å². The first-order valence-electron chi connectivity index (χ1n) is 11.4. The summed E-state index contributed by atoms with van der Waals surface area (Å²) in [4.78, 5) is 12.0. The summed E-state index contributed by atoms with van der Waals surface area (Å²) in [5.41, 5.74) is 10.3. The number of halogens is 1. The van der Waals surface area contributed by atoms with E-state index in [1.54, 1.807) is 0 Å². The average Bonchev–Trinajstić information content (AvgIpc) is 3.23. The normalized spacial score (nSPS) is 22.4. The van der Waals surface area contributed by atoms with Crippen molar-refractivity contribution in [2.45, 2.75) is 64.8 Å². The molecule has 2 aliphatic carbocycles. The van der Waals surface area contributed by atoms with Crippen LogP contribution in [0.2, 0.25) is 0 Å². The van der Waals surface area contributed by atoms with E-state index in [0.29, 0.717) is 24.6 Å². The summed E-state index contributed by atoms with van der Waals surface area (Å²) in [5, 5.41) is 8.26. The molecule has 1 amide bonds. The molecule has 1 aliphatic heterocycles. The zero-order chi connectivity index (χ0) is 21.8. The summed E-state index contributed by atoms with van der Waals surface area (Å²) >= 11 is 0. The Hall–Kier alpha value is -2.41. The highest BCUT2D eigenvalue weighted by Gasteiger charge is 2.34. The molecule has 3 N–H and O–H groups in total. The van der Waals surface area contributed by atoms with Crippen LogP contribution in [0.3, 0.4) is 0 Å². The minimum absolute atomic E-state index is 0.0312. The Morgan fingerprint density at radius 3 is 2.84 bits per heavy atom. The second-order valence-electron chi connectivity index (χ2n) is 10.2. The number of benzene rings is 1. The quantitative estimate of drug-likeness (QED) is 0.737. The molecule has 166 valence electrons. The molecule has 1 aromatic carbocycles. The number of carbonyl (C=O) groups excluding carboxylic acids is 1. The van der Waals surface area contributed by atoms with Crippen LogP contribution in [0.4, 0.5) is 10.1 Å². The Kier molecular flexibility index (Phi) is 5.04. The van der Waals surface area contributed by atoms with Crippen molar-refractivity contribution in [3.8, 4) is 5.69 Å². The first kappa shape index (κ1) is 20.5. The van der Waals surface area contributed by atoms with Gasteiger partial charge < -0.3 is 15.8 Å². The van der Waals surface area contributed by atoms with Gasteiger partial charge in [0.1, 0.15) is 5.82 Å². The van der Waals surface area contributed by atoms with E-state index >= 15 is 4.39 Å². The largest absolute Gasteiger partial charge is 0.379 e. The molecule has 6 nitrogen and oxygen atoms in total. The fourth-order valence-electron chi connectivity index (χ4n) is 4.93. The SMILES string of the molecule is CC1(C)CCc2c(CC3CC3)nn(-c3cc(F)c(C(N)=O)c(N[C@@H]4CCOC4)c3)c2C1. The minimum Gasteiger partial charge on any atom is -0.379 e. The Bertz CT molecular complexity index is 1020. The lowest BCUT2D eigenvalue weighted by Crippen LogP contribution is -2.25. The van der Waals surface area contributed by atoms with Gasteiger partial charge >= 0.3 is 0 Å². The van der Waals surface area contributed by atoms with Gasteiger partial charge in [-0.05, 0) is 67.9 Å². The maximum Gasteiger partial charge on any atom is 0.253 e. The summed E-state index contributed by atoms with van der Waals surface area (Å²) in [6.07, 6.45) is 7.39. The van der Waals surface area contributed by atoms with Gasteiger partial charge in [0.25, 0.3) is 5.91 Å². The zero-order valence-corrected chi connectivity index (χ0v) is 18.3. The molecule has 0 spiro atoms. The topological polar surface area (TPSA) is 82.2 Å². The monoisotopic (exact) mass is 426 g/mol. The summed E-state index contributed by atoms with van der Waals surface area (Å²) in [5.74, 6) is -0.658. The third-order valence-corrected chi connectivity index (χ3v) is 6.91. The number of primary amides is 1. The lowest BCUT2D eigenvalue weighted by atomic mass is 9.76. The van der Waals surface area contributed by atoms with Crippen molar-refractivity contribution in [1.29, 1.82) is 0 Å². The van der Waals surface area contributed by atoms with Crippen LogP contribution in [0.5, 0.6) is 0 Å². The van der Waals surface area contributed by atoms with Crippen LogP contribution in [0, 0.1) is 17.2 Å². The van der Waals surface area contributed by atoms with Gasteiger partial charge in [0, 0.05) is 18.4 Å². The van der Waals surface area contributed by atoms with Gasteiger partial charge in [-0.3, -0.25) is 4.79 Å². The smallest absolute Gasteiger partial charge is 0.253 e. The summed E-state index contributed by atoms with van der Waals surface area (Å²) < 4.78 is 22.5. The molecule has 7 heteroatoms. The molecular weight excluding hydrogens is 395 g/mol. The molecule has 2 fully saturated rings. The lowest BCUT2D eigenvalue weighted by Gasteiger charge is -2.30. The number of aromatic nitrogens is 2. The second-order valence-corrected chi connectivity index (χ2v) is 10.2. The van der Waals surface area contributed by atoms with Crippen molar-refractivity contribution in [3.63, 3.8) is 0 Å². The fraction of sp³-hybridized carbons (Fsp3) is 0.583. The molecule has 3 aliphatic rings. The Morgan fingerprint density at radius 2 is 2.16 bits per heavy atom. The number of fused-ring (bicyclic) bond motifs is 1. The highest BCUT2D eigenvalue weighted by Crippen LogP contribution is 2.40. The molecule has 0 radical (unpaired) electrons. The molecule has 31 heavy (non-hydrogen) atoms. The van der Waals surface area contributed by atoms with Gasteiger partial charge in [0.05, 0.1) is 35.3 Å². The molecule has 2 heterocycles.